The van der Waals surface area contributed by atoms with E-state index >= 15 is 0 Å². The Hall–Kier alpha value is -2.16. The van der Waals surface area contributed by atoms with E-state index in [-0.39, 0.29) is 36.0 Å². The van der Waals surface area contributed by atoms with E-state index < -0.39 is 17.7 Å². The summed E-state index contributed by atoms with van der Waals surface area (Å²) in [5.41, 5.74) is 0.996. The number of hydrogen-bond donors (Lipinski definition) is 3. The second-order valence-electron chi connectivity index (χ2n) is 13.0. The van der Waals surface area contributed by atoms with Crippen molar-refractivity contribution in [3.8, 4) is 0 Å². The minimum absolute atomic E-state index is 0. The Kier molecular flexibility index (Phi) is 11.7. The topological polar surface area (TPSA) is 102 Å². The highest BCUT2D eigenvalue weighted by Crippen LogP contribution is 2.36. The van der Waals surface area contributed by atoms with Crippen LogP contribution in [0.1, 0.15) is 113 Å². The largest absolute Gasteiger partial charge is 0.390 e. The van der Waals surface area contributed by atoms with Gasteiger partial charge in [-0.2, -0.15) is 0 Å². The van der Waals surface area contributed by atoms with Gasteiger partial charge in [0.1, 0.15) is 11.6 Å². The lowest BCUT2D eigenvalue weighted by Gasteiger charge is -2.52. The molecule has 3 amide bonds. The standard InChI is InChI=1S/C33H50N4O4.ClH/c1-2-3-20-37-31(40)28(29(38)25-10-6-4-7-11-25)35-32(41)33(37)18-21-36(22-19-33)23-24-14-16-26(17-15-24)30(39)34-27-12-8-5-9-13-27;/h14-17,25,27-29,38H,2-13,18-23H2,1H3,(H,34,39)(H,35,41);1H/t28-,29-;/m1./s1. The average Bonchev–Trinajstić information content (AvgIpc) is 3.01. The molecule has 5 rings (SSSR count). The fourth-order valence-corrected chi connectivity index (χ4v) is 7.57. The normalized spacial score (nSPS) is 24.6. The van der Waals surface area contributed by atoms with Gasteiger partial charge in [0, 0.05) is 37.8 Å². The number of likely N-dealkylation sites (tertiary alicyclic amines) is 1. The lowest BCUT2D eigenvalue weighted by molar-refractivity contribution is -0.166. The highest BCUT2D eigenvalue weighted by molar-refractivity contribution is 6.00. The van der Waals surface area contributed by atoms with Crippen LogP contribution in [0.5, 0.6) is 0 Å². The molecule has 4 fully saturated rings. The molecule has 42 heavy (non-hydrogen) atoms. The van der Waals surface area contributed by atoms with Crippen molar-refractivity contribution in [2.24, 2.45) is 5.92 Å². The maximum atomic E-state index is 13.8. The molecule has 2 saturated heterocycles. The minimum atomic E-state index is -0.841. The van der Waals surface area contributed by atoms with Crippen molar-refractivity contribution in [2.45, 2.75) is 127 Å². The number of hydrogen-bond acceptors (Lipinski definition) is 5. The van der Waals surface area contributed by atoms with E-state index in [2.05, 4.69) is 22.5 Å². The molecule has 3 N–H and O–H groups in total. The highest BCUT2D eigenvalue weighted by Gasteiger charge is 2.55. The van der Waals surface area contributed by atoms with Crippen molar-refractivity contribution in [3.05, 3.63) is 35.4 Å². The number of piperazine rings is 1. The summed E-state index contributed by atoms with van der Waals surface area (Å²) >= 11 is 0. The van der Waals surface area contributed by atoms with Crippen LogP contribution in [0.4, 0.5) is 0 Å². The van der Waals surface area contributed by atoms with E-state index in [1.54, 1.807) is 0 Å². The maximum absolute atomic E-state index is 13.8. The number of piperidine rings is 1. The zero-order valence-electron chi connectivity index (χ0n) is 25.3. The number of benzene rings is 1. The first-order chi connectivity index (χ1) is 19.9. The van der Waals surface area contributed by atoms with Crippen LogP contribution in [0.3, 0.4) is 0 Å². The first-order valence-corrected chi connectivity index (χ1v) is 16.3. The molecule has 1 spiro atoms. The Labute approximate surface area is 257 Å². The van der Waals surface area contributed by atoms with E-state index in [1.807, 2.05) is 29.2 Å². The molecule has 2 atom stereocenters. The van der Waals surface area contributed by atoms with Crippen molar-refractivity contribution in [1.29, 1.82) is 0 Å². The van der Waals surface area contributed by atoms with Crippen LogP contribution in [0.25, 0.3) is 0 Å². The summed E-state index contributed by atoms with van der Waals surface area (Å²) in [6, 6.07) is 7.35. The molecule has 0 unspecified atom stereocenters. The first kappa shape index (κ1) is 32.7. The van der Waals surface area contributed by atoms with Crippen LogP contribution >= 0.6 is 12.4 Å². The summed E-state index contributed by atoms with van der Waals surface area (Å²) in [4.78, 5) is 44.4. The van der Waals surface area contributed by atoms with Gasteiger partial charge in [0.15, 0.2) is 0 Å². The van der Waals surface area contributed by atoms with Crippen molar-refractivity contribution in [3.63, 3.8) is 0 Å². The number of amides is 3. The van der Waals surface area contributed by atoms with E-state index in [9.17, 15) is 19.5 Å². The molecule has 0 bridgehead atoms. The van der Waals surface area contributed by atoms with Crippen LogP contribution in [0.15, 0.2) is 24.3 Å². The Morgan fingerprint density at radius 2 is 1.62 bits per heavy atom. The molecular weight excluding hydrogens is 552 g/mol. The number of halogens is 1. The van der Waals surface area contributed by atoms with E-state index in [0.717, 1.165) is 63.5 Å². The Bertz CT molecular complexity index is 1050. The van der Waals surface area contributed by atoms with Crippen LogP contribution < -0.4 is 10.6 Å². The molecule has 2 heterocycles. The zero-order valence-corrected chi connectivity index (χ0v) is 26.1. The lowest BCUT2D eigenvalue weighted by Crippen LogP contribution is -2.75. The van der Waals surface area contributed by atoms with Gasteiger partial charge in [0.2, 0.25) is 11.8 Å². The van der Waals surface area contributed by atoms with Crippen LogP contribution in [0, 0.1) is 5.92 Å². The van der Waals surface area contributed by atoms with Crippen LogP contribution in [0.2, 0.25) is 0 Å². The van der Waals surface area contributed by atoms with Crippen LogP contribution in [-0.4, -0.2) is 76.0 Å². The van der Waals surface area contributed by atoms with Gasteiger partial charge in [-0.1, -0.05) is 64.0 Å². The predicted molar refractivity (Wildman–Crippen MR) is 166 cm³/mol. The molecule has 1 aromatic rings. The lowest BCUT2D eigenvalue weighted by atomic mass is 9.78. The summed E-state index contributed by atoms with van der Waals surface area (Å²) in [6.07, 6.45) is 13.1. The molecule has 8 nitrogen and oxygen atoms in total. The molecule has 9 heteroatoms. The summed E-state index contributed by atoms with van der Waals surface area (Å²) < 4.78 is 0. The number of aliphatic hydroxyl groups excluding tert-OH is 1. The monoisotopic (exact) mass is 602 g/mol. The molecule has 4 aliphatic rings. The van der Waals surface area contributed by atoms with Crippen molar-refractivity contribution in [2.75, 3.05) is 19.6 Å². The fraction of sp³-hybridized carbons (Fsp3) is 0.727. The Morgan fingerprint density at radius 3 is 2.24 bits per heavy atom. The van der Waals surface area contributed by atoms with Gasteiger partial charge in [-0.05, 0) is 68.6 Å². The third kappa shape index (κ3) is 7.31. The number of carbonyl (C=O) groups is 3. The molecular formula is C33H51ClN4O4. The van der Waals surface area contributed by atoms with Gasteiger partial charge in [-0.15, -0.1) is 12.4 Å². The van der Waals surface area contributed by atoms with Crippen LogP contribution in [-0.2, 0) is 16.1 Å². The molecule has 234 valence electrons. The van der Waals surface area contributed by atoms with E-state index in [1.165, 1.54) is 25.7 Å². The van der Waals surface area contributed by atoms with Gasteiger partial charge < -0.3 is 20.6 Å². The molecule has 0 aromatic heterocycles. The average molecular weight is 603 g/mol. The van der Waals surface area contributed by atoms with Crippen molar-refractivity contribution >= 4 is 30.1 Å². The van der Waals surface area contributed by atoms with Gasteiger partial charge in [0.25, 0.3) is 5.91 Å². The molecule has 0 radical (unpaired) electrons. The number of rotatable bonds is 9. The Balaban J connectivity index is 0.00000405. The van der Waals surface area contributed by atoms with Gasteiger partial charge in [-0.25, -0.2) is 0 Å². The Morgan fingerprint density at radius 1 is 1.00 bits per heavy atom. The number of aliphatic hydroxyl groups is 1. The summed E-state index contributed by atoms with van der Waals surface area (Å²) in [5.74, 6) is -0.116. The summed E-state index contributed by atoms with van der Waals surface area (Å²) in [5, 5.41) is 17.4. The smallest absolute Gasteiger partial charge is 0.251 e. The molecule has 1 aromatic carbocycles. The third-order valence-corrected chi connectivity index (χ3v) is 10.2. The van der Waals surface area contributed by atoms with Crippen molar-refractivity contribution < 1.29 is 19.5 Å². The summed E-state index contributed by atoms with van der Waals surface area (Å²) in [7, 11) is 0. The minimum Gasteiger partial charge on any atom is -0.390 e. The number of nitrogens with zero attached hydrogens (tertiary/aromatic N) is 2. The maximum Gasteiger partial charge on any atom is 0.251 e. The molecule has 2 aliphatic heterocycles. The first-order valence-electron chi connectivity index (χ1n) is 16.3. The second kappa shape index (κ2) is 15.0. The number of carbonyl (C=O) groups excluding carboxylic acids is 3. The van der Waals surface area contributed by atoms with E-state index in [0.29, 0.717) is 44.1 Å². The molecule has 2 saturated carbocycles. The molecule has 2 aliphatic carbocycles. The third-order valence-electron chi connectivity index (χ3n) is 10.2. The van der Waals surface area contributed by atoms with Gasteiger partial charge in [0.05, 0.1) is 6.10 Å². The van der Waals surface area contributed by atoms with Crippen molar-refractivity contribution in [1.82, 2.24) is 20.4 Å². The highest BCUT2D eigenvalue weighted by atomic mass is 35.5. The fourth-order valence-electron chi connectivity index (χ4n) is 7.57. The van der Waals surface area contributed by atoms with Gasteiger partial charge >= 0.3 is 0 Å². The quantitative estimate of drug-likeness (QED) is 0.384. The summed E-state index contributed by atoms with van der Waals surface area (Å²) in [6.45, 7) is 4.82. The number of nitrogens with one attached hydrogen (secondary N) is 2. The predicted octanol–water partition coefficient (Wildman–Crippen LogP) is 4.57. The van der Waals surface area contributed by atoms with Gasteiger partial charge in [-0.3, -0.25) is 19.3 Å². The number of unbranched alkanes of at least 4 members (excludes halogenated alkanes) is 1. The zero-order chi connectivity index (χ0) is 28.8. The second-order valence-corrected chi connectivity index (χ2v) is 13.0. The van der Waals surface area contributed by atoms with E-state index in [4.69, 9.17) is 0 Å². The SMILES string of the molecule is CCCCN1C(=O)[C@@H]([C@H](O)C2CCCCC2)NC(=O)C12CCN(Cc1ccc(C(=O)NC3CCCCC3)cc1)CC2.Cl.